The first-order valence-electron chi connectivity index (χ1n) is 7.78. The highest BCUT2D eigenvalue weighted by Gasteiger charge is 2.20. The zero-order valence-corrected chi connectivity index (χ0v) is 13.0. The summed E-state index contributed by atoms with van der Waals surface area (Å²) in [6.07, 6.45) is 3.89. The SMILES string of the molecule is N#Cc1cccc(OCCN2CCO[C@H](Cn3cccn3)C2)c1. The number of ether oxygens (including phenoxy) is 2. The summed E-state index contributed by atoms with van der Waals surface area (Å²) in [5.41, 5.74) is 0.619. The standard InChI is InChI=1S/C17H20N4O2/c18-12-15-3-1-4-16(11-15)22-9-7-20-8-10-23-17(13-20)14-21-6-2-5-19-21/h1-6,11,17H,7-10,13-14H2/t17-/m0/s1. The molecule has 0 amide bonds. The van der Waals surface area contributed by atoms with Gasteiger partial charge in [-0.15, -0.1) is 0 Å². The predicted molar refractivity (Wildman–Crippen MR) is 85.1 cm³/mol. The van der Waals surface area contributed by atoms with Crippen molar-refractivity contribution in [2.75, 3.05) is 32.8 Å². The van der Waals surface area contributed by atoms with E-state index in [1.807, 2.05) is 29.1 Å². The molecule has 0 N–H and O–H groups in total. The normalized spacial score (nSPS) is 18.5. The van der Waals surface area contributed by atoms with Crippen molar-refractivity contribution in [3.05, 3.63) is 48.3 Å². The molecule has 1 atom stereocenters. The van der Waals surface area contributed by atoms with Crippen LogP contribution in [-0.4, -0.2) is 53.6 Å². The molecule has 0 aliphatic carbocycles. The van der Waals surface area contributed by atoms with Gasteiger partial charge in [-0.05, 0) is 24.3 Å². The van der Waals surface area contributed by atoms with Crippen molar-refractivity contribution < 1.29 is 9.47 Å². The summed E-state index contributed by atoms with van der Waals surface area (Å²) in [4.78, 5) is 2.34. The topological polar surface area (TPSA) is 63.3 Å². The number of nitrogens with zero attached hydrogens (tertiary/aromatic N) is 4. The van der Waals surface area contributed by atoms with Crippen molar-refractivity contribution in [3.8, 4) is 11.8 Å². The minimum absolute atomic E-state index is 0.158. The monoisotopic (exact) mass is 312 g/mol. The van der Waals surface area contributed by atoms with E-state index in [1.165, 1.54) is 0 Å². The van der Waals surface area contributed by atoms with Crippen molar-refractivity contribution in [3.63, 3.8) is 0 Å². The summed E-state index contributed by atoms with van der Waals surface area (Å²) in [5, 5.41) is 13.1. The molecular weight excluding hydrogens is 292 g/mol. The van der Waals surface area contributed by atoms with E-state index in [4.69, 9.17) is 14.7 Å². The molecule has 2 aromatic rings. The molecule has 1 fully saturated rings. The van der Waals surface area contributed by atoms with E-state index in [0.717, 1.165) is 38.5 Å². The first-order chi connectivity index (χ1) is 11.3. The van der Waals surface area contributed by atoms with Gasteiger partial charge in [-0.25, -0.2) is 0 Å². The maximum absolute atomic E-state index is 8.89. The summed E-state index contributed by atoms with van der Waals surface area (Å²) in [5.74, 6) is 0.741. The van der Waals surface area contributed by atoms with E-state index >= 15 is 0 Å². The van der Waals surface area contributed by atoms with Crippen LogP contribution in [0.1, 0.15) is 5.56 Å². The lowest BCUT2D eigenvalue weighted by molar-refractivity contribution is -0.0400. The third-order valence-corrected chi connectivity index (χ3v) is 3.81. The lowest BCUT2D eigenvalue weighted by Gasteiger charge is -2.32. The van der Waals surface area contributed by atoms with E-state index in [1.54, 1.807) is 18.3 Å². The average Bonchev–Trinajstić information content (AvgIpc) is 3.08. The van der Waals surface area contributed by atoms with Gasteiger partial charge in [-0.3, -0.25) is 9.58 Å². The Kier molecular flexibility index (Phi) is 5.25. The average molecular weight is 312 g/mol. The van der Waals surface area contributed by atoms with Crippen molar-refractivity contribution >= 4 is 0 Å². The molecule has 1 aromatic carbocycles. The van der Waals surface area contributed by atoms with Gasteiger partial charge >= 0.3 is 0 Å². The maximum atomic E-state index is 8.89. The first-order valence-corrected chi connectivity index (χ1v) is 7.78. The van der Waals surface area contributed by atoms with Crippen LogP contribution >= 0.6 is 0 Å². The van der Waals surface area contributed by atoms with Crippen LogP contribution in [0.15, 0.2) is 42.7 Å². The minimum atomic E-state index is 0.158. The van der Waals surface area contributed by atoms with E-state index in [2.05, 4.69) is 16.1 Å². The van der Waals surface area contributed by atoms with Gasteiger partial charge in [0.2, 0.25) is 0 Å². The lowest BCUT2D eigenvalue weighted by Crippen LogP contribution is -2.45. The summed E-state index contributed by atoms with van der Waals surface area (Å²) >= 11 is 0. The number of hydrogen-bond acceptors (Lipinski definition) is 5. The quantitative estimate of drug-likeness (QED) is 0.809. The fraction of sp³-hybridized carbons (Fsp3) is 0.412. The molecule has 1 aliphatic rings. The van der Waals surface area contributed by atoms with Gasteiger partial charge < -0.3 is 9.47 Å². The van der Waals surface area contributed by atoms with Crippen LogP contribution in [0.5, 0.6) is 5.75 Å². The molecule has 1 saturated heterocycles. The molecule has 23 heavy (non-hydrogen) atoms. The van der Waals surface area contributed by atoms with Crippen molar-refractivity contribution in [1.29, 1.82) is 5.26 Å². The third kappa shape index (κ3) is 4.55. The highest BCUT2D eigenvalue weighted by molar-refractivity contribution is 5.36. The number of rotatable bonds is 6. The Morgan fingerprint density at radius 2 is 2.35 bits per heavy atom. The van der Waals surface area contributed by atoms with Crippen LogP contribution in [0.25, 0.3) is 0 Å². The molecule has 0 saturated carbocycles. The zero-order chi connectivity index (χ0) is 15.9. The highest BCUT2D eigenvalue weighted by atomic mass is 16.5. The number of morpholine rings is 1. The molecule has 1 aromatic heterocycles. The molecular formula is C17H20N4O2. The third-order valence-electron chi connectivity index (χ3n) is 3.81. The van der Waals surface area contributed by atoms with E-state index in [-0.39, 0.29) is 6.10 Å². The number of nitriles is 1. The Labute approximate surface area is 135 Å². The molecule has 2 heterocycles. The Morgan fingerprint density at radius 1 is 1.39 bits per heavy atom. The second-order valence-corrected chi connectivity index (χ2v) is 5.51. The molecule has 1 aliphatic heterocycles. The Bertz CT molecular complexity index is 651. The second kappa shape index (κ2) is 7.77. The Hall–Kier alpha value is -2.36. The van der Waals surface area contributed by atoms with Crippen LogP contribution in [-0.2, 0) is 11.3 Å². The molecule has 0 radical (unpaired) electrons. The van der Waals surface area contributed by atoms with Crippen LogP contribution in [0.4, 0.5) is 0 Å². The molecule has 120 valence electrons. The fourth-order valence-corrected chi connectivity index (χ4v) is 2.66. The number of benzene rings is 1. The van der Waals surface area contributed by atoms with E-state index in [9.17, 15) is 0 Å². The highest BCUT2D eigenvalue weighted by Crippen LogP contribution is 2.13. The lowest BCUT2D eigenvalue weighted by atomic mass is 10.2. The van der Waals surface area contributed by atoms with Crippen molar-refractivity contribution in [2.45, 2.75) is 12.6 Å². The predicted octanol–water partition coefficient (Wildman–Crippen LogP) is 1.53. The van der Waals surface area contributed by atoms with Gasteiger partial charge in [-0.2, -0.15) is 10.4 Å². The van der Waals surface area contributed by atoms with E-state index < -0.39 is 0 Å². The van der Waals surface area contributed by atoms with Gasteiger partial charge in [0, 0.05) is 32.0 Å². The molecule has 6 heteroatoms. The van der Waals surface area contributed by atoms with Crippen LogP contribution in [0, 0.1) is 11.3 Å². The molecule has 0 bridgehead atoms. The molecule has 3 rings (SSSR count). The number of hydrogen-bond donors (Lipinski definition) is 0. The summed E-state index contributed by atoms with van der Waals surface area (Å²) in [6.45, 7) is 4.74. The minimum Gasteiger partial charge on any atom is -0.492 e. The van der Waals surface area contributed by atoms with Gasteiger partial charge in [0.1, 0.15) is 12.4 Å². The summed E-state index contributed by atoms with van der Waals surface area (Å²) in [7, 11) is 0. The van der Waals surface area contributed by atoms with Crippen LogP contribution in [0.2, 0.25) is 0 Å². The zero-order valence-electron chi connectivity index (χ0n) is 13.0. The summed E-state index contributed by atoms with van der Waals surface area (Å²) in [6, 6.07) is 11.3. The smallest absolute Gasteiger partial charge is 0.120 e. The van der Waals surface area contributed by atoms with Gasteiger partial charge in [0.15, 0.2) is 0 Å². The molecule has 0 unspecified atom stereocenters. The summed E-state index contributed by atoms with van der Waals surface area (Å²) < 4.78 is 13.4. The van der Waals surface area contributed by atoms with E-state index in [0.29, 0.717) is 12.2 Å². The number of aromatic nitrogens is 2. The first kappa shape index (κ1) is 15.5. The van der Waals surface area contributed by atoms with Crippen molar-refractivity contribution in [1.82, 2.24) is 14.7 Å². The largest absolute Gasteiger partial charge is 0.492 e. The van der Waals surface area contributed by atoms with Crippen LogP contribution < -0.4 is 4.74 Å². The Morgan fingerprint density at radius 3 is 3.17 bits per heavy atom. The van der Waals surface area contributed by atoms with Gasteiger partial charge in [-0.1, -0.05) is 6.07 Å². The van der Waals surface area contributed by atoms with Crippen LogP contribution in [0.3, 0.4) is 0 Å². The van der Waals surface area contributed by atoms with Gasteiger partial charge in [0.05, 0.1) is 30.9 Å². The molecule has 6 nitrogen and oxygen atoms in total. The second-order valence-electron chi connectivity index (χ2n) is 5.51. The molecule has 0 spiro atoms. The van der Waals surface area contributed by atoms with Crippen molar-refractivity contribution in [2.24, 2.45) is 0 Å². The van der Waals surface area contributed by atoms with Gasteiger partial charge in [0.25, 0.3) is 0 Å². The maximum Gasteiger partial charge on any atom is 0.120 e. The fourth-order valence-electron chi connectivity index (χ4n) is 2.66. The Balaban J connectivity index is 1.43.